The number of hydrogen-bond donors (Lipinski definition) is 6. The lowest BCUT2D eigenvalue weighted by atomic mass is 9.99. The van der Waals surface area contributed by atoms with E-state index in [-0.39, 0.29) is 28.0 Å². The first kappa shape index (κ1) is 22.7. The van der Waals surface area contributed by atoms with Gasteiger partial charge in [0.15, 0.2) is 17.3 Å². The van der Waals surface area contributed by atoms with E-state index >= 15 is 0 Å². The number of hydrogen-bond acceptors (Lipinski definition) is 11. The zero-order chi connectivity index (χ0) is 24.0. The number of aromatic hydroxyl groups is 4. The normalized spacial score (nSPS) is 25.3. The van der Waals surface area contributed by atoms with Crippen LogP contribution in [0.2, 0.25) is 0 Å². The molecule has 1 saturated heterocycles. The first-order valence-corrected chi connectivity index (χ1v) is 9.88. The average molecular weight is 462 g/mol. The molecule has 176 valence electrons. The molecule has 0 radical (unpaired) electrons. The van der Waals surface area contributed by atoms with Crippen molar-refractivity contribution in [1.82, 2.24) is 0 Å². The first-order chi connectivity index (χ1) is 15.6. The van der Waals surface area contributed by atoms with E-state index in [0.29, 0.717) is 0 Å². The highest BCUT2D eigenvalue weighted by Crippen LogP contribution is 2.39. The van der Waals surface area contributed by atoms with Gasteiger partial charge in [0, 0.05) is 24.8 Å². The fourth-order valence-electron chi connectivity index (χ4n) is 3.78. The van der Waals surface area contributed by atoms with Crippen molar-refractivity contribution in [2.75, 3.05) is 7.11 Å². The summed E-state index contributed by atoms with van der Waals surface area (Å²) in [6.07, 6.45) is -6.12. The van der Waals surface area contributed by atoms with Crippen molar-refractivity contribution in [2.24, 2.45) is 0 Å². The highest BCUT2D eigenvalue weighted by atomic mass is 16.7. The summed E-state index contributed by atoms with van der Waals surface area (Å²) in [6.45, 7) is 1.58. The molecule has 11 heteroatoms. The Morgan fingerprint density at radius 1 is 0.939 bits per heavy atom. The molecule has 2 aromatic carbocycles. The van der Waals surface area contributed by atoms with Crippen LogP contribution >= 0.6 is 0 Å². The fourth-order valence-corrected chi connectivity index (χ4v) is 3.78. The number of rotatable bonds is 4. The number of phenolic OH excluding ortho intramolecular Hbond substituents is 4. The van der Waals surface area contributed by atoms with E-state index in [2.05, 4.69) is 0 Å². The fraction of sp³-hybridized carbons (Fsp3) is 0.318. The lowest BCUT2D eigenvalue weighted by molar-refractivity contribution is -0.272. The summed E-state index contributed by atoms with van der Waals surface area (Å²) >= 11 is 0. The van der Waals surface area contributed by atoms with Gasteiger partial charge in [0.1, 0.15) is 40.8 Å². The van der Waals surface area contributed by atoms with Crippen LogP contribution < -0.4 is 10.2 Å². The zero-order valence-corrected chi connectivity index (χ0v) is 17.5. The van der Waals surface area contributed by atoms with Gasteiger partial charge >= 0.3 is 0 Å². The largest absolute Gasteiger partial charge is 0.508 e. The molecule has 3 aromatic rings. The molecule has 0 bridgehead atoms. The highest BCUT2D eigenvalue weighted by Gasteiger charge is 2.45. The summed E-state index contributed by atoms with van der Waals surface area (Å²) in [7, 11) is 1.34. The van der Waals surface area contributed by atoms with Gasteiger partial charge in [-0.2, -0.15) is 0 Å². The van der Waals surface area contributed by atoms with E-state index in [4.69, 9.17) is 18.6 Å². The van der Waals surface area contributed by atoms with E-state index in [0.717, 1.165) is 24.3 Å². The molecule has 0 aliphatic carbocycles. The Morgan fingerprint density at radius 2 is 1.67 bits per heavy atom. The van der Waals surface area contributed by atoms with Gasteiger partial charge in [-0.05, 0) is 25.1 Å². The summed E-state index contributed by atoms with van der Waals surface area (Å²) in [5, 5.41) is 60.1. The van der Waals surface area contributed by atoms with E-state index in [9.17, 15) is 35.4 Å². The predicted octanol–water partition coefficient (Wildman–Crippen LogP) is 1.14. The Kier molecular flexibility index (Phi) is 5.80. The quantitative estimate of drug-likeness (QED) is 0.306. The monoisotopic (exact) mass is 462 g/mol. The van der Waals surface area contributed by atoms with Crippen molar-refractivity contribution in [3.8, 4) is 40.1 Å². The maximum Gasteiger partial charge on any atom is 0.239 e. The molecule has 1 aliphatic heterocycles. The summed E-state index contributed by atoms with van der Waals surface area (Å²) in [4.78, 5) is 13.3. The summed E-state index contributed by atoms with van der Waals surface area (Å²) < 4.78 is 22.1. The Morgan fingerprint density at radius 3 is 2.33 bits per heavy atom. The molecular formula is C22H22O11. The Hall–Kier alpha value is -3.51. The van der Waals surface area contributed by atoms with Gasteiger partial charge in [-0.25, -0.2) is 0 Å². The molecule has 0 saturated carbocycles. The van der Waals surface area contributed by atoms with Crippen LogP contribution in [0.4, 0.5) is 0 Å². The number of benzene rings is 2. The van der Waals surface area contributed by atoms with Crippen molar-refractivity contribution < 1.29 is 49.3 Å². The lowest BCUT2D eigenvalue weighted by Gasteiger charge is -2.40. The summed E-state index contributed by atoms with van der Waals surface area (Å²) in [5.41, 5.74) is -0.968. The maximum absolute atomic E-state index is 13.3. The molecule has 4 rings (SSSR count). The van der Waals surface area contributed by atoms with Crippen LogP contribution in [0.3, 0.4) is 0 Å². The molecule has 0 amide bonds. The van der Waals surface area contributed by atoms with E-state index in [1.54, 1.807) is 6.92 Å². The predicted molar refractivity (Wildman–Crippen MR) is 112 cm³/mol. The number of ether oxygens (including phenoxy) is 3. The van der Waals surface area contributed by atoms with Crippen LogP contribution in [0.15, 0.2) is 39.5 Å². The van der Waals surface area contributed by atoms with Gasteiger partial charge in [-0.1, -0.05) is 0 Å². The molecule has 0 spiro atoms. The number of aliphatic hydroxyl groups excluding tert-OH is 2. The number of phenols is 4. The first-order valence-electron chi connectivity index (χ1n) is 9.88. The third kappa shape index (κ3) is 3.91. The zero-order valence-electron chi connectivity index (χ0n) is 17.5. The molecule has 33 heavy (non-hydrogen) atoms. The molecule has 1 fully saturated rings. The van der Waals surface area contributed by atoms with Gasteiger partial charge < -0.3 is 49.3 Å². The van der Waals surface area contributed by atoms with Crippen LogP contribution in [-0.2, 0) is 9.47 Å². The number of fused-ring (bicyclic) bond motifs is 1. The smallest absolute Gasteiger partial charge is 0.239 e. The van der Waals surface area contributed by atoms with E-state index in [1.807, 2.05) is 0 Å². The van der Waals surface area contributed by atoms with Gasteiger partial charge in [0.05, 0.1) is 6.10 Å². The van der Waals surface area contributed by atoms with Crippen LogP contribution in [-0.4, -0.2) is 68.5 Å². The molecule has 11 nitrogen and oxygen atoms in total. The van der Waals surface area contributed by atoms with Crippen LogP contribution in [0.5, 0.6) is 28.7 Å². The molecule has 0 unspecified atom stereocenters. The average Bonchev–Trinajstić information content (AvgIpc) is 2.75. The van der Waals surface area contributed by atoms with Crippen molar-refractivity contribution >= 4 is 11.0 Å². The molecule has 6 N–H and O–H groups in total. The van der Waals surface area contributed by atoms with Crippen molar-refractivity contribution in [2.45, 2.75) is 37.6 Å². The van der Waals surface area contributed by atoms with E-state index < -0.39 is 59.1 Å². The minimum atomic E-state index is -1.62. The second kappa shape index (κ2) is 8.45. The Labute approximate surface area is 186 Å². The van der Waals surface area contributed by atoms with Gasteiger partial charge in [0.2, 0.25) is 17.5 Å². The molecule has 1 aromatic heterocycles. The van der Waals surface area contributed by atoms with Crippen molar-refractivity contribution in [3.05, 3.63) is 40.6 Å². The number of aliphatic hydroxyl groups is 2. The lowest BCUT2D eigenvalue weighted by Crippen LogP contribution is -2.59. The Bertz CT molecular complexity index is 1250. The SMILES string of the molecule is CO[C@@H]1[C@@H](O)[C@@H](O)[C@H](Oc2c(-c3ccc(O)c(O)c3)oc3cc(O)cc(O)c3c2=O)O[C@H]1C. The summed E-state index contributed by atoms with van der Waals surface area (Å²) in [5.74, 6) is -2.65. The molecule has 1 aliphatic rings. The second-order valence-corrected chi connectivity index (χ2v) is 7.64. The van der Waals surface area contributed by atoms with Crippen LogP contribution in [0.1, 0.15) is 6.92 Å². The second-order valence-electron chi connectivity index (χ2n) is 7.64. The maximum atomic E-state index is 13.3. The third-order valence-electron chi connectivity index (χ3n) is 5.44. The number of methoxy groups -OCH3 is 1. The van der Waals surface area contributed by atoms with E-state index in [1.165, 1.54) is 13.2 Å². The summed E-state index contributed by atoms with van der Waals surface area (Å²) in [6, 6.07) is 5.62. The van der Waals surface area contributed by atoms with Crippen molar-refractivity contribution in [3.63, 3.8) is 0 Å². The standard InChI is InChI=1S/C22H22O11/c1-8-19(30-2)17(28)18(29)22(31-8)33-21-16(27)15-13(26)6-10(23)7-14(15)32-20(21)9-3-4-11(24)12(25)5-9/h3-8,17-19,22-26,28-29H,1-2H3/t8-,17-,18+,19-,22-/m0/s1. The topological polar surface area (TPSA) is 179 Å². The van der Waals surface area contributed by atoms with Crippen molar-refractivity contribution in [1.29, 1.82) is 0 Å². The van der Waals surface area contributed by atoms with Crippen LogP contribution in [0.25, 0.3) is 22.3 Å². The molecule has 5 atom stereocenters. The van der Waals surface area contributed by atoms with Gasteiger partial charge in [-0.3, -0.25) is 4.79 Å². The van der Waals surface area contributed by atoms with Gasteiger partial charge in [-0.15, -0.1) is 0 Å². The van der Waals surface area contributed by atoms with Crippen LogP contribution in [0, 0.1) is 0 Å². The highest BCUT2D eigenvalue weighted by molar-refractivity contribution is 5.88. The minimum Gasteiger partial charge on any atom is -0.508 e. The molecular weight excluding hydrogens is 440 g/mol. The third-order valence-corrected chi connectivity index (χ3v) is 5.44. The molecule has 2 heterocycles. The van der Waals surface area contributed by atoms with Gasteiger partial charge in [0.25, 0.3) is 0 Å². The Balaban J connectivity index is 1.89. The minimum absolute atomic E-state index is 0.0933.